The third-order valence-corrected chi connectivity index (χ3v) is 23.4. The Hall–Kier alpha value is -2.41. The zero-order valence-electron chi connectivity index (χ0n) is 38.7. The Morgan fingerprint density at radius 1 is 0.776 bits per heavy atom. The average Bonchev–Trinajstić information content (AvgIpc) is 3.38. The second-order valence-electron chi connectivity index (χ2n) is 19.1. The van der Waals surface area contributed by atoms with Gasteiger partial charge in [-0.05, 0) is 91.1 Å². The van der Waals surface area contributed by atoms with Crippen molar-refractivity contribution in [3.63, 3.8) is 0 Å². The van der Waals surface area contributed by atoms with E-state index in [4.69, 9.17) is 23.1 Å². The van der Waals surface area contributed by atoms with E-state index in [0.717, 1.165) is 45.1 Å². The number of ketones is 1. The molecule has 2 aromatic rings. The lowest BCUT2D eigenvalue weighted by molar-refractivity contribution is -0.154. The van der Waals surface area contributed by atoms with Gasteiger partial charge in [0.1, 0.15) is 5.60 Å². The number of unbranched alkanes of at least 4 members (excludes halogenated alkanes) is 4. The highest BCUT2D eigenvalue weighted by Crippen LogP contribution is 2.46. The number of ether oxygens (including phenoxy) is 3. The maximum absolute atomic E-state index is 12.9. The van der Waals surface area contributed by atoms with Crippen molar-refractivity contribution in [2.75, 3.05) is 13.2 Å². The highest BCUT2D eigenvalue weighted by Gasteiger charge is 2.52. The van der Waals surface area contributed by atoms with Gasteiger partial charge in [0.25, 0.3) is 8.32 Å². The molecule has 3 rings (SSSR count). The molecule has 1 heterocycles. The molecular formula is C49H80O7Si2. The van der Waals surface area contributed by atoms with E-state index in [1.54, 1.807) is 13.0 Å². The monoisotopic (exact) mass is 837 g/mol. The molecule has 0 saturated carbocycles. The number of carbonyl (C=O) groups excluding carboxylic acids is 2. The molecule has 1 fully saturated rings. The van der Waals surface area contributed by atoms with Crippen LogP contribution in [0.5, 0.6) is 0 Å². The van der Waals surface area contributed by atoms with Gasteiger partial charge >= 0.3 is 5.97 Å². The summed E-state index contributed by atoms with van der Waals surface area (Å²) in [6.45, 7) is 29.9. The van der Waals surface area contributed by atoms with Crippen LogP contribution in [0.1, 0.15) is 154 Å². The molecule has 1 aliphatic rings. The molecule has 1 saturated heterocycles. The van der Waals surface area contributed by atoms with Crippen LogP contribution in [0.4, 0.5) is 0 Å². The summed E-state index contributed by atoms with van der Waals surface area (Å²) in [6.07, 6.45) is 11.3. The third-order valence-electron chi connectivity index (χ3n) is 12.2. The topological polar surface area (TPSA) is 80.3 Å². The highest BCUT2D eigenvalue weighted by atomic mass is 28.4. The Morgan fingerprint density at radius 3 is 1.83 bits per heavy atom. The van der Waals surface area contributed by atoms with Crippen molar-refractivity contribution in [1.82, 2.24) is 0 Å². The quantitative estimate of drug-likeness (QED) is 0.0426. The number of carbonyl (C=O) groups is 2. The zero-order valence-corrected chi connectivity index (χ0v) is 40.7. The van der Waals surface area contributed by atoms with Gasteiger partial charge in [0.05, 0.1) is 12.7 Å². The van der Waals surface area contributed by atoms with E-state index in [-0.39, 0.29) is 41.8 Å². The molecule has 0 spiro atoms. The fourth-order valence-corrected chi connectivity index (χ4v) is 19.9. The lowest BCUT2D eigenvalue weighted by Crippen LogP contribution is -2.66. The number of hydrogen-bond donors (Lipinski definition) is 0. The van der Waals surface area contributed by atoms with Gasteiger partial charge in [-0.2, -0.15) is 0 Å². The highest BCUT2D eigenvalue weighted by molar-refractivity contribution is 6.99. The standard InChI is InChI=1S/C49H80O7Si2/c1-14-52-46(51)33-26-27-41(50)34-35-49(13)45(54-48(11,12)56-49)37-42(55-57(38(2)3,39(4)5)40(6)7)28-20-16-15-17-25-36-53-58(47(8,9)10,43-29-21-18-22-30-43)44-31-23-19-24-32-44/h18-19,21-24,29-32,34-35,38-40,42,45H,14-17,20,25-28,33,36-37H2,1-13H3/b35-34+/t42-,45+,49+/m0/s1. The fraction of sp³-hybridized carbons (Fsp3) is 0.673. The summed E-state index contributed by atoms with van der Waals surface area (Å²) in [5, 5.41) is 2.63. The maximum atomic E-state index is 12.9. The van der Waals surface area contributed by atoms with Gasteiger partial charge in [-0.1, -0.05) is 149 Å². The van der Waals surface area contributed by atoms with Crippen LogP contribution < -0.4 is 10.4 Å². The largest absolute Gasteiger partial charge is 0.466 e. The molecule has 0 aliphatic carbocycles. The third kappa shape index (κ3) is 13.3. The lowest BCUT2D eigenvalue weighted by atomic mass is 9.91. The van der Waals surface area contributed by atoms with Crippen LogP contribution in [-0.4, -0.2) is 65.2 Å². The first-order valence-electron chi connectivity index (χ1n) is 22.4. The fourth-order valence-electron chi connectivity index (χ4n) is 9.64. The normalized spacial score (nSPS) is 19.4. The summed E-state index contributed by atoms with van der Waals surface area (Å²) in [6, 6.07) is 21.8. The Bertz CT molecular complexity index is 1490. The van der Waals surface area contributed by atoms with Gasteiger partial charge in [0.15, 0.2) is 11.6 Å². The van der Waals surface area contributed by atoms with Crippen LogP contribution in [0, 0.1) is 0 Å². The average molecular weight is 837 g/mol. The first-order valence-corrected chi connectivity index (χ1v) is 26.5. The lowest BCUT2D eigenvalue weighted by Gasteiger charge is -2.45. The minimum absolute atomic E-state index is 0.00727. The van der Waals surface area contributed by atoms with E-state index in [1.165, 1.54) is 10.4 Å². The molecule has 0 radical (unpaired) electrons. The molecule has 0 unspecified atom stereocenters. The Balaban J connectivity index is 1.71. The van der Waals surface area contributed by atoms with E-state index in [1.807, 2.05) is 26.8 Å². The van der Waals surface area contributed by atoms with Crippen LogP contribution in [0.2, 0.25) is 21.7 Å². The Labute approximate surface area is 355 Å². The number of allylic oxidation sites excluding steroid dienone is 1. The van der Waals surface area contributed by atoms with Crippen LogP contribution in [0.15, 0.2) is 72.8 Å². The number of hydrogen-bond acceptors (Lipinski definition) is 7. The number of esters is 1. The molecule has 326 valence electrons. The molecule has 7 nitrogen and oxygen atoms in total. The van der Waals surface area contributed by atoms with Gasteiger partial charge in [-0.3, -0.25) is 9.59 Å². The van der Waals surface area contributed by atoms with Crippen LogP contribution >= 0.6 is 0 Å². The second-order valence-corrected chi connectivity index (χ2v) is 28.8. The summed E-state index contributed by atoms with van der Waals surface area (Å²) in [4.78, 5) is 24.7. The first kappa shape index (κ1) is 50.0. The van der Waals surface area contributed by atoms with E-state index in [2.05, 4.69) is 123 Å². The predicted molar refractivity (Wildman–Crippen MR) is 245 cm³/mol. The molecule has 58 heavy (non-hydrogen) atoms. The molecular weight excluding hydrogens is 757 g/mol. The Kier molecular flexibility index (Phi) is 19.3. The van der Waals surface area contributed by atoms with E-state index in [9.17, 15) is 9.59 Å². The van der Waals surface area contributed by atoms with Crippen molar-refractivity contribution in [2.24, 2.45) is 0 Å². The van der Waals surface area contributed by atoms with Gasteiger partial charge in [0.2, 0.25) is 8.32 Å². The van der Waals surface area contributed by atoms with Crippen molar-refractivity contribution in [3.8, 4) is 0 Å². The maximum Gasteiger partial charge on any atom is 0.305 e. The smallest absolute Gasteiger partial charge is 0.305 e. The molecule has 2 aromatic carbocycles. The summed E-state index contributed by atoms with van der Waals surface area (Å²) in [5.74, 6) is -1.11. The SMILES string of the molecule is CCOC(=O)CCCC(=O)/C=C/[C@@]1(C)OC(C)(C)O[C@@H]1C[C@H](CCCCCCCO[Si](c1ccccc1)(c1ccccc1)C(C)(C)C)O[Si](C(C)C)(C(C)C)C(C)C. The zero-order chi connectivity index (χ0) is 43.2. The molecule has 0 amide bonds. The molecule has 1 aliphatic heterocycles. The van der Waals surface area contributed by atoms with Gasteiger partial charge in [0, 0.05) is 32.0 Å². The summed E-state index contributed by atoms with van der Waals surface area (Å²) < 4.78 is 32.9. The minimum Gasteiger partial charge on any atom is -0.466 e. The first-order chi connectivity index (χ1) is 27.2. The second kappa shape index (κ2) is 22.4. The molecule has 9 heteroatoms. The van der Waals surface area contributed by atoms with Crippen molar-refractivity contribution < 1.29 is 32.7 Å². The van der Waals surface area contributed by atoms with Gasteiger partial charge in [-0.25, -0.2) is 0 Å². The van der Waals surface area contributed by atoms with Gasteiger partial charge in [-0.15, -0.1) is 0 Å². The molecule has 0 aromatic heterocycles. The minimum atomic E-state index is -2.53. The summed E-state index contributed by atoms with van der Waals surface area (Å²) in [7, 11) is -4.74. The number of benzene rings is 2. The Morgan fingerprint density at radius 2 is 1.31 bits per heavy atom. The molecule has 3 atom stereocenters. The molecule has 0 bridgehead atoms. The summed E-state index contributed by atoms with van der Waals surface area (Å²) >= 11 is 0. The van der Waals surface area contributed by atoms with E-state index >= 15 is 0 Å². The van der Waals surface area contributed by atoms with Crippen molar-refractivity contribution in [1.29, 1.82) is 0 Å². The van der Waals surface area contributed by atoms with Crippen molar-refractivity contribution in [3.05, 3.63) is 72.8 Å². The van der Waals surface area contributed by atoms with Gasteiger partial charge < -0.3 is 23.1 Å². The van der Waals surface area contributed by atoms with Crippen LogP contribution in [0.25, 0.3) is 0 Å². The molecule has 0 N–H and O–H groups in total. The number of rotatable bonds is 25. The van der Waals surface area contributed by atoms with E-state index in [0.29, 0.717) is 36.1 Å². The van der Waals surface area contributed by atoms with Crippen molar-refractivity contribution >= 4 is 38.8 Å². The van der Waals surface area contributed by atoms with Crippen molar-refractivity contribution in [2.45, 2.75) is 199 Å². The van der Waals surface area contributed by atoms with Crippen LogP contribution in [0.3, 0.4) is 0 Å². The van der Waals surface area contributed by atoms with Crippen LogP contribution in [-0.2, 0) is 32.7 Å². The van der Waals surface area contributed by atoms with E-state index < -0.39 is 28.0 Å². The summed E-state index contributed by atoms with van der Waals surface area (Å²) in [5.41, 5.74) is 0.578. The predicted octanol–water partition coefficient (Wildman–Crippen LogP) is 11.6.